The van der Waals surface area contributed by atoms with Gasteiger partial charge in [0.05, 0.1) is 12.1 Å². The SMILES string of the molecule is CC(=O)c1nn(Cc2ccccc2F)c2ccccc12. The lowest BCUT2D eigenvalue weighted by Gasteiger charge is -2.04. The van der Waals surface area contributed by atoms with Crippen LogP contribution in [-0.4, -0.2) is 15.6 Å². The Labute approximate surface area is 115 Å². The molecule has 1 heterocycles. The molecule has 3 aromatic rings. The van der Waals surface area contributed by atoms with E-state index in [9.17, 15) is 9.18 Å². The number of benzene rings is 2. The molecule has 100 valence electrons. The van der Waals surface area contributed by atoms with E-state index in [4.69, 9.17) is 0 Å². The van der Waals surface area contributed by atoms with Gasteiger partial charge in [0.25, 0.3) is 0 Å². The predicted molar refractivity (Wildman–Crippen MR) is 75.2 cm³/mol. The molecule has 0 saturated carbocycles. The van der Waals surface area contributed by atoms with Crippen molar-refractivity contribution in [2.75, 3.05) is 0 Å². The molecule has 20 heavy (non-hydrogen) atoms. The fraction of sp³-hybridized carbons (Fsp3) is 0.125. The van der Waals surface area contributed by atoms with E-state index in [-0.39, 0.29) is 11.6 Å². The molecule has 1 aromatic heterocycles. The van der Waals surface area contributed by atoms with Crippen LogP contribution in [0.5, 0.6) is 0 Å². The van der Waals surface area contributed by atoms with Crippen molar-refractivity contribution in [1.82, 2.24) is 9.78 Å². The second-order valence-corrected chi connectivity index (χ2v) is 4.67. The molecule has 0 saturated heterocycles. The molecule has 0 aliphatic rings. The highest BCUT2D eigenvalue weighted by Crippen LogP contribution is 2.20. The van der Waals surface area contributed by atoms with E-state index >= 15 is 0 Å². The molecule has 0 bridgehead atoms. The van der Waals surface area contributed by atoms with Crippen molar-refractivity contribution in [2.45, 2.75) is 13.5 Å². The van der Waals surface area contributed by atoms with Gasteiger partial charge in [0.1, 0.15) is 11.5 Å². The van der Waals surface area contributed by atoms with Crippen LogP contribution < -0.4 is 0 Å². The largest absolute Gasteiger partial charge is 0.293 e. The van der Waals surface area contributed by atoms with Crippen molar-refractivity contribution in [2.24, 2.45) is 0 Å². The zero-order chi connectivity index (χ0) is 14.1. The smallest absolute Gasteiger partial charge is 0.180 e. The van der Waals surface area contributed by atoms with E-state index in [1.54, 1.807) is 22.9 Å². The molecule has 3 nitrogen and oxygen atoms in total. The highest BCUT2D eigenvalue weighted by molar-refractivity contribution is 6.04. The second kappa shape index (κ2) is 4.89. The Morgan fingerprint density at radius 3 is 2.60 bits per heavy atom. The Hall–Kier alpha value is -2.49. The van der Waals surface area contributed by atoms with Crippen LogP contribution in [0.1, 0.15) is 23.0 Å². The van der Waals surface area contributed by atoms with Crippen molar-refractivity contribution in [1.29, 1.82) is 0 Å². The van der Waals surface area contributed by atoms with Crippen LogP contribution in [0.2, 0.25) is 0 Å². The Bertz CT molecular complexity index is 792. The third kappa shape index (κ3) is 2.09. The van der Waals surface area contributed by atoms with Gasteiger partial charge in [-0.05, 0) is 12.1 Å². The van der Waals surface area contributed by atoms with Crippen molar-refractivity contribution in [3.8, 4) is 0 Å². The first kappa shape index (κ1) is 12.5. The highest BCUT2D eigenvalue weighted by atomic mass is 19.1. The number of hydrogen-bond donors (Lipinski definition) is 0. The van der Waals surface area contributed by atoms with E-state index in [0.717, 1.165) is 10.9 Å². The Morgan fingerprint density at radius 2 is 1.85 bits per heavy atom. The van der Waals surface area contributed by atoms with E-state index in [1.165, 1.54) is 13.0 Å². The third-order valence-electron chi connectivity index (χ3n) is 3.27. The van der Waals surface area contributed by atoms with Gasteiger partial charge in [-0.3, -0.25) is 9.48 Å². The summed E-state index contributed by atoms with van der Waals surface area (Å²) in [4.78, 5) is 11.6. The molecule has 4 heteroatoms. The van der Waals surface area contributed by atoms with Crippen molar-refractivity contribution >= 4 is 16.7 Å². The Balaban J connectivity index is 2.13. The summed E-state index contributed by atoms with van der Waals surface area (Å²) in [6.07, 6.45) is 0. The Morgan fingerprint density at radius 1 is 1.15 bits per heavy atom. The number of halogens is 1. The standard InChI is InChI=1S/C16H13FN2O/c1-11(20)16-13-7-3-5-9-15(13)19(18-16)10-12-6-2-4-8-14(12)17/h2-9H,10H2,1H3. The summed E-state index contributed by atoms with van der Waals surface area (Å²) in [5.41, 5.74) is 1.81. The Kier molecular flexibility index (Phi) is 3.06. The summed E-state index contributed by atoms with van der Waals surface area (Å²) >= 11 is 0. The van der Waals surface area contributed by atoms with Gasteiger partial charge in [-0.1, -0.05) is 36.4 Å². The minimum atomic E-state index is -0.267. The van der Waals surface area contributed by atoms with Gasteiger partial charge in [0.15, 0.2) is 5.78 Å². The average Bonchev–Trinajstić information content (AvgIpc) is 2.81. The van der Waals surface area contributed by atoms with Crippen LogP contribution in [-0.2, 0) is 6.54 Å². The minimum absolute atomic E-state index is 0.0894. The third-order valence-corrected chi connectivity index (χ3v) is 3.27. The van der Waals surface area contributed by atoms with E-state index in [0.29, 0.717) is 17.8 Å². The van der Waals surface area contributed by atoms with E-state index in [2.05, 4.69) is 5.10 Å². The molecule has 0 fully saturated rings. The van der Waals surface area contributed by atoms with Crippen LogP contribution in [0.15, 0.2) is 48.5 Å². The number of hydrogen-bond acceptors (Lipinski definition) is 2. The summed E-state index contributed by atoms with van der Waals surface area (Å²) in [6.45, 7) is 1.79. The first-order valence-corrected chi connectivity index (χ1v) is 6.36. The van der Waals surface area contributed by atoms with Gasteiger partial charge < -0.3 is 0 Å². The monoisotopic (exact) mass is 268 g/mol. The maximum Gasteiger partial charge on any atom is 0.180 e. The first-order chi connectivity index (χ1) is 9.66. The number of rotatable bonds is 3. The highest BCUT2D eigenvalue weighted by Gasteiger charge is 2.14. The lowest BCUT2D eigenvalue weighted by Crippen LogP contribution is -2.05. The summed E-state index contributed by atoms with van der Waals surface area (Å²) in [5, 5.41) is 5.13. The molecule has 0 atom stereocenters. The number of aromatic nitrogens is 2. The van der Waals surface area contributed by atoms with Gasteiger partial charge in [0.2, 0.25) is 0 Å². The average molecular weight is 268 g/mol. The van der Waals surface area contributed by atoms with E-state index in [1.807, 2.05) is 24.3 Å². The van der Waals surface area contributed by atoms with Crippen LogP contribution in [0.25, 0.3) is 10.9 Å². The molecule has 0 aliphatic heterocycles. The fourth-order valence-corrected chi connectivity index (χ4v) is 2.30. The fourth-order valence-electron chi connectivity index (χ4n) is 2.30. The maximum absolute atomic E-state index is 13.7. The zero-order valence-electron chi connectivity index (χ0n) is 11.0. The molecular weight excluding hydrogens is 255 g/mol. The molecule has 0 unspecified atom stereocenters. The minimum Gasteiger partial charge on any atom is -0.293 e. The van der Waals surface area contributed by atoms with Crippen molar-refractivity contribution in [3.05, 3.63) is 65.6 Å². The summed E-state index contributed by atoms with van der Waals surface area (Å²) in [7, 11) is 0. The normalized spacial score (nSPS) is 10.9. The molecule has 0 radical (unpaired) electrons. The number of carbonyl (C=O) groups is 1. The lowest BCUT2D eigenvalue weighted by molar-refractivity contribution is 0.101. The predicted octanol–water partition coefficient (Wildman–Crippen LogP) is 3.43. The summed E-state index contributed by atoms with van der Waals surface area (Å²) in [6, 6.07) is 14.1. The van der Waals surface area contributed by atoms with Gasteiger partial charge in [0, 0.05) is 17.9 Å². The van der Waals surface area contributed by atoms with Gasteiger partial charge in [-0.25, -0.2) is 4.39 Å². The van der Waals surface area contributed by atoms with Gasteiger partial charge >= 0.3 is 0 Å². The van der Waals surface area contributed by atoms with Crippen molar-refractivity contribution in [3.63, 3.8) is 0 Å². The topological polar surface area (TPSA) is 34.9 Å². The quantitative estimate of drug-likeness (QED) is 0.682. The maximum atomic E-state index is 13.7. The number of Topliss-reactive ketones (excluding diaryl/α,β-unsaturated/α-hetero) is 1. The number of fused-ring (bicyclic) bond motifs is 1. The van der Waals surface area contributed by atoms with E-state index < -0.39 is 0 Å². The lowest BCUT2D eigenvalue weighted by atomic mass is 10.1. The van der Waals surface area contributed by atoms with Crippen LogP contribution in [0.3, 0.4) is 0 Å². The molecule has 0 N–H and O–H groups in total. The number of ketones is 1. The van der Waals surface area contributed by atoms with Crippen LogP contribution >= 0.6 is 0 Å². The number of para-hydroxylation sites is 1. The molecule has 2 aromatic carbocycles. The van der Waals surface area contributed by atoms with Crippen LogP contribution in [0, 0.1) is 5.82 Å². The second-order valence-electron chi connectivity index (χ2n) is 4.67. The van der Waals surface area contributed by atoms with Crippen molar-refractivity contribution < 1.29 is 9.18 Å². The van der Waals surface area contributed by atoms with Crippen LogP contribution in [0.4, 0.5) is 4.39 Å². The summed E-state index contributed by atoms with van der Waals surface area (Å²) < 4.78 is 15.4. The number of carbonyl (C=O) groups excluding carboxylic acids is 1. The molecular formula is C16H13FN2O. The molecule has 0 spiro atoms. The zero-order valence-corrected chi connectivity index (χ0v) is 11.0. The first-order valence-electron chi connectivity index (χ1n) is 6.36. The number of nitrogens with zero attached hydrogens (tertiary/aromatic N) is 2. The summed E-state index contributed by atoms with van der Waals surface area (Å²) in [5.74, 6) is -0.357. The van der Waals surface area contributed by atoms with Gasteiger partial charge in [-0.2, -0.15) is 5.10 Å². The molecule has 0 amide bonds. The molecule has 3 rings (SSSR count). The molecule has 0 aliphatic carbocycles. The van der Waals surface area contributed by atoms with Gasteiger partial charge in [-0.15, -0.1) is 0 Å².